The Bertz CT molecular complexity index is 558. The molecule has 5 heteroatoms. The minimum Gasteiger partial charge on any atom is -0.416 e. The van der Waals surface area contributed by atoms with E-state index < -0.39 is 6.72 Å². The van der Waals surface area contributed by atoms with Crippen molar-refractivity contribution < 1.29 is 13.6 Å². The van der Waals surface area contributed by atoms with Crippen LogP contribution < -0.4 is 9.05 Å². The van der Waals surface area contributed by atoms with Crippen LogP contribution in [0, 0.1) is 0 Å². The lowest BCUT2D eigenvalue weighted by Gasteiger charge is -2.25. The van der Waals surface area contributed by atoms with Crippen molar-refractivity contribution in [3.63, 3.8) is 0 Å². The van der Waals surface area contributed by atoms with Gasteiger partial charge < -0.3 is 9.05 Å². The van der Waals surface area contributed by atoms with Gasteiger partial charge in [-0.25, -0.2) is 0 Å². The molecule has 3 nitrogen and oxygen atoms in total. The van der Waals surface area contributed by atoms with Crippen molar-refractivity contribution in [3.8, 4) is 11.5 Å². The molecular formula is C17H21O3PS. The molecule has 22 heavy (non-hydrogen) atoms. The minimum atomic E-state index is -2.92. The third-order valence-corrected chi connectivity index (χ3v) is 5.12. The summed E-state index contributed by atoms with van der Waals surface area (Å²) in [5.74, 6) is 1.32. The summed E-state index contributed by atoms with van der Waals surface area (Å²) in [6, 6.07) is 18.8. The lowest BCUT2D eigenvalue weighted by Crippen LogP contribution is -2.12. The monoisotopic (exact) mass is 336 g/mol. The first-order valence-corrected chi connectivity index (χ1v) is 9.94. The first-order chi connectivity index (χ1) is 10.6. The van der Waals surface area contributed by atoms with Crippen LogP contribution in [0.3, 0.4) is 0 Å². The molecule has 0 bridgehead atoms. The van der Waals surface area contributed by atoms with Crippen molar-refractivity contribution in [2.45, 2.75) is 32.8 Å². The Balaban J connectivity index is 2.17. The molecule has 0 saturated heterocycles. The summed E-state index contributed by atoms with van der Waals surface area (Å²) >= 11 is 5.60. The van der Waals surface area contributed by atoms with E-state index in [0.29, 0.717) is 11.5 Å². The lowest BCUT2D eigenvalue weighted by molar-refractivity contribution is 0.182. The van der Waals surface area contributed by atoms with Gasteiger partial charge in [-0.2, -0.15) is 0 Å². The van der Waals surface area contributed by atoms with E-state index in [-0.39, 0.29) is 6.10 Å². The van der Waals surface area contributed by atoms with Gasteiger partial charge in [0.2, 0.25) is 0 Å². The summed E-state index contributed by atoms with van der Waals surface area (Å²) in [6.07, 6.45) is 1.92. The zero-order valence-electron chi connectivity index (χ0n) is 12.8. The summed E-state index contributed by atoms with van der Waals surface area (Å²) in [5.41, 5.74) is 0. The maximum atomic E-state index is 5.97. The van der Waals surface area contributed by atoms with Crippen molar-refractivity contribution in [2.24, 2.45) is 0 Å². The quantitative estimate of drug-likeness (QED) is 0.589. The van der Waals surface area contributed by atoms with E-state index in [1.807, 2.05) is 67.6 Å². The molecule has 0 fully saturated rings. The molecule has 0 heterocycles. The maximum absolute atomic E-state index is 5.97. The summed E-state index contributed by atoms with van der Waals surface area (Å²) in [5, 5.41) is 0. The number of para-hydroxylation sites is 2. The third-order valence-electron chi connectivity index (χ3n) is 2.93. The highest BCUT2D eigenvalue weighted by Crippen LogP contribution is 2.51. The minimum absolute atomic E-state index is 0.0109. The lowest BCUT2D eigenvalue weighted by atomic mass is 10.2. The topological polar surface area (TPSA) is 27.7 Å². The van der Waals surface area contributed by atoms with Gasteiger partial charge in [-0.1, -0.05) is 49.7 Å². The number of benzene rings is 2. The number of rotatable bonds is 8. The molecule has 0 aliphatic carbocycles. The SMILES string of the molecule is CCCC(C)OP(=S)(Oc1ccccc1)Oc1ccccc1. The van der Waals surface area contributed by atoms with Crippen LogP contribution in [0.4, 0.5) is 0 Å². The predicted octanol–water partition coefficient (Wildman–Crippen LogP) is 5.57. The second-order valence-corrected chi connectivity index (χ2v) is 7.77. The molecule has 1 atom stereocenters. The van der Waals surface area contributed by atoms with E-state index in [2.05, 4.69) is 6.92 Å². The molecule has 0 saturated carbocycles. The van der Waals surface area contributed by atoms with Crippen molar-refractivity contribution in [2.75, 3.05) is 0 Å². The molecule has 2 rings (SSSR count). The van der Waals surface area contributed by atoms with Crippen molar-refractivity contribution in [1.29, 1.82) is 0 Å². The first kappa shape index (κ1) is 17.0. The Morgan fingerprint density at radius 2 is 1.36 bits per heavy atom. The fourth-order valence-corrected chi connectivity index (χ4v) is 4.35. The molecule has 0 N–H and O–H groups in total. The van der Waals surface area contributed by atoms with Crippen LogP contribution in [0.25, 0.3) is 0 Å². The van der Waals surface area contributed by atoms with Crippen LogP contribution in [-0.2, 0) is 16.3 Å². The number of hydrogen-bond acceptors (Lipinski definition) is 4. The van der Waals surface area contributed by atoms with Crippen molar-refractivity contribution in [3.05, 3.63) is 60.7 Å². The van der Waals surface area contributed by atoms with Crippen molar-refractivity contribution in [1.82, 2.24) is 0 Å². The van der Waals surface area contributed by atoms with Crippen LogP contribution in [0.5, 0.6) is 11.5 Å². The molecule has 0 aliphatic rings. The van der Waals surface area contributed by atoms with Gasteiger partial charge in [-0.05, 0) is 37.6 Å². The summed E-state index contributed by atoms with van der Waals surface area (Å²) in [7, 11) is 0. The Kier molecular flexibility index (Phi) is 6.44. The largest absolute Gasteiger partial charge is 0.435 e. The van der Waals surface area contributed by atoms with Gasteiger partial charge in [-0.15, -0.1) is 0 Å². The Morgan fingerprint density at radius 1 is 0.909 bits per heavy atom. The normalized spacial score (nSPS) is 12.6. The zero-order valence-corrected chi connectivity index (χ0v) is 14.6. The maximum Gasteiger partial charge on any atom is 0.435 e. The van der Waals surface area contributed by atoms with E-state index in [9.17, 15) is 0 Å². The van der Waals surface area contributed by atoms with Gasteiger partial charge in [0.05, 0.1) is 6.10 Å². The average Bonchev–Trinajstić information content (AvgIpc) is 2.49. The summed E-state index contributed by atoms with van der Waals surface area (Å²) in [4.78, 5) is 0. The standard InChI is InChI=1S/C17H21O3PS/c1-3-10-15(2)18-21(22,19-16-11-6-4-7-12-16)20-17-13-8-5-9-14-17/h4-9,11-15H,3,10H2,1-2H3. The summed E-state index contributed by atoms with van der Waals surface area (Å²) < 4.78 is 17.8. The van der Waals surface area contributed by atoms with Gasteiger partial charge in [0.1, 0.15) is 11.5 Å². The van der Waals surface area contributed by atoms with E-state index >= 15 is 0 Å². The smallest absolute Gasteiger partial charge is 0.416 e. The molecule has 2 aromatic rings. The second kappa shape index (κ2) is 8.33. The molecule has 0 radical (unpaired) electrons. The Hall–Kier alpha value is -1.35. The molecule has 0 spiro atoms. The van der Waals surface area contributed by atoms with E-state index in [1.54, 1.807) is 0 Å². The van der Waals surface area contributed by atoms with E-state index in [0.717, 1.165) is 12.8 Å². The second-order valence-electron chi connectivity index (χ2n) is 4.96. The summed E-state index contributed by atoms with van der Waals surface area (Å²) in [6.45, 7) is 1.19. The van der Waals surface area contributed by atoms with Gasteiger partial charge >= 0.3 is 6.72 Å². The van der Waals surface area contributed by atoms with Crippen LogP contribution in [0.15, 0.2) is 60.7 Å². The van der Waals surface area contributed by atoms with E-state index in [1.165, 1.54) is 0 Å². The number of hydrogen-bond donors (Lipinski definition) is 0. The van der Waals surface area contributed by atoms with Gasteiger partial charge in [-0.3, -0.25) is 4.52 Å². The van der Waals surface area contributed by atoms with Crippen LogP contribution >= 0.6 is 6.72 Å². The van der Waals surface area contributed by atoms with Gasteiger partial charge in [0, 0.05) is 11.8 Å². The third kappa shape index (κ3) is 5.45. The fraction of sp³-hybridized carbons (Fsp3) is 0.294. The molecule has 1 unspecified atom stereocenters. The highest BCUT2D eigenvalue weighted by atomic mass is 32.5. The highest BCUT2D eigenvalue weighted by Gasteiger charge is 2.27. The Labute approximate surface area is 137 Å². The predicted molar refractivity (Wildman–Crippen MR) is 93.9 cm³/mol. The average molecular weight is 336 g/mol. The first-order valence-electron chi connectivity index (χ1n) is 7.39. The van der Waals surface area contributed by atoms with Crippen LogP contribution in [-0.4, -0.2) is 6.10 Å². The van der Waals surface area contributed by atoms with Gasteiger partial charge in [0.15, 0.2) is 0 Å². The highest BCUT2D eigenvalue weighted by molar-refractivity contribution is 8.07. The fourth-order valence-electron chi connectivity index (χ4n) is 1.96. The molecule has 0 aliphatic heterocycles. The van der Waals surface area contributed by atoms with Crippen LogP contribution in [0.2, 0.25) is 0 Å². The Morgan fingerprint density at radius 3 is 1.77 bits per heavy atom. The van der Waals surface area contributed by atoms with Crippen molar-refractivity contribution >= 4 is 18.5 Å². The molecule has 118 valence electrons. The molecule has 0 aromatic heterocycles. The molecular weight excluding hydrogens is 315 g/mol. The molecule has 2 aromatic carbocycles. The van der Waals surface area contributed by atoms with Gasteiger partial charge in [0.25, 0.3) is 0 Å². The molecule has 0 amide bonds. The zero-order chi connectivity index (χ0) is 15.8. The van der Waals surface area contributed by atoms with Crippen LogP contribution in [0.1, 0.15) is 26.7 Å². The van der Waals surface area contributed by atoms with E-state index in [4.69, 9.17) is 25.4 Å².